The summed E-state index contributed by atoms with van der Waals surface area (Å²) in [5.41, 5.74) is 2.45. The van der Waals surface area contributed by atoms with E-state index in [0.29, 0.717) is 26.2 Å². The predicted octanol–water partition coefficient (Wildman–Crippen LogP) is 4.61. The Morgan fingerprint density at radius 3 is 2.43 bits per heavy atom. The summed E-state index contributed by atoms with van der Waals surface area (Å²) < 4.78 is 35.5. The number of morpholine rings is 1. The summed E-state index contributed by atoms with van der Waals surface area (Å²) in [6.07, 6.45) is 1.60. The van der Waals surface area contributed by atoms with Gasteiger partial charge >= 0.3 is 6.09 Å². The zero-order chi connectivity index (χ0) is 26.0. The van der Waals surface area contributed by atoms with Gasteiger partial charge in [0, 0.05) is 29.0 Å². The van der Waals surface area contributed by atoms with Crippen molar-refractivity contribution < 1.29 is 22.7 Å². The first-order valence-corrected chi connectivity index (χ1v) is 17.4. The molecule has 0 bridgehead atoms. The van der Waals surface area contributed by atoms with Crippen LogP contribution in [0.1, 0.15) is 52.7 Å². The smallest absolute Gasteiger partial charge is 0.410 e. The van der Waals surface area contributed by atoms with Crippen LogP contribution in [-0.4, -0.2) is 70.1 Å². The first-order valence-electron chi connectivity index (χ1n) is 12.7. The van der Waals surface area contributed by atoms with Gasteiger partial charge in [-0.3, -0.25) is 0 Å². The largest absolute Gasteiger partial charge is 0.444 e. The highest BCUT2D eigenvalue weighted by molar-refractivity contribution is 7.89. The van der Waals surface area contributed by atoms with Crippen molar-refractivity contribution in [3.63, 3.8) is 0 Å². The summed E-state index contributed by atoms with van der Waals surface area (Å²) in [6.45, 7) is 13.9. The first-order chi connectivity index (χ1) is 16.3. The molecule has 9 heteroatoms. The molecule has 0 aliphatic carbocycles. The second kappa shape index (κ2) is 10.6. The van der Waals surface area contributed by atoms with Gasteiger partial charge in [0.25, 0.3) is 0 Å². The maximum atomic E-state index is 13.1. The van der Waals surface area contributed by atoms with Gasteiger partial charge in [-0.05, 0) is 50.5 Å². The lowest BCUT2D eigenvalue weighted by atomic mass is 10.0. The van der Waals surface area contributed by atoms with Crippen LogP contribution >= 0.6 is 0 Å². The Kier molecular flexibility index (Phi) is 8.44. The van der Waals surface area contributed by atoms with Crippen molar-refractivity contribution in [3.05, 3.63) is 29.3 Å². The number of hydrogen-bond acceptors (Lipinski definition) is 5. The highest BCUT2D eigenvalue weighted by Gasteiger charge is 2.37. The molecule has 2 heterocycles. The van der Waals surface area contributed by atoms with Gasteiger partial charge < -0.3 is 19.4 Å². The van der Waals surface area contributed by atoms with E-state index in [0.717, 1.165) is 34.6 Å². The highest BCUT2D eigenvalue weighted by atomic mass is 32.2. The van der Waals surface area contributed by atoms with Gasteiger partial charge in [0.15, 0.2) is 9.84 Å². The maximum absolute atomic E-state index is 13.1. The molecule has 1 aromatic heterocycles. The van der Waals surface area contributed by atoms with E-state index in [1.54, 1.807) is 0 Å². The summed E-state index contributed by atoms with van der Waals surface area (Å²) >= 11 is 0. The van der Waals surface area contributed by atoms with Crippen molar-refractivity contribution in [1.29, 1.82) is 0 Å². The first kappa shape index (κ1) is 27.7. The van der Waals surface area contributed by atoms with Crippen molar-refractivity contribution in [2.45, 2.75) is 83.5 Å². The SMILES string of the molecule is CC[Si](CC)(CC)c1[nH]c2ccc(CS(C)(=O)=O)cc2c1C[C@H]1COCCN1C(=O)OC(C)(C)C. The molecular weight excluding hydrogens is 480 g/mol. The Bertz CT molecular complexity index is 1140. The van der Waals surface area contributed by atoms with Crippen LogP contribution in [0.15, 0.2) is 18.2 Å². The summed E-state index contributed by atoms with van der Waals surface area (Å²) in [6, 6.07) is 9.14. The lowest BCUT2D eigenvalue weighted by Crippen LogP contribution is -2.53. The minimum absolute atomic E-state index is 0.0113. The van der Waals surface area contributed by atoms with E-state index in [1.165, 1.54) is 17.1 Å². The number of rotatable bonds is 8. The molecule has 1 fully saturated rings. The van der Waals surface area contributed by atoms with E-state index in [-0.39, 0.29) is 17.9 Å². The molecule has 1 atom stereocenters. The number of carbonyl (C=O) groups is 1. The molecule has 35 heavy (non-hydrogen) atoms. The summed E-state index contributed by atoms with van der Waals surface area (Å²) in [4.78, 5) is 18.6. The summed E-state index contributed by atoms with van der Waals surface area (Å²) in [7, 11) is -4.96. The van der Waals surface area contributed by atoms with E-state index >= 15 is 0 Å². The summed E-state index contributed by atoms with van der Waals surface area (Å²) in [5.74, 6) is 0.0113. The predicted molar refractivity (Wildman–Crippen MR) is 145 cm³/mol. The highest BCUT2D eigenvalue weighted by Crippen LogP contribution is 2.29. The van der Waals surface area contributed by atoms with Gasteiger partial charge in [0.1, 0.15) is 13.7 Å². The minimum Gasteiger partial charge on any atom is -0.444 e. The molecule has 3 rings (SSSR count). The third kappa shape index (κ3) is 6.48. The molecular formula is C26H42N2O5SSi. The van der Waals surface area contributed by atoms with Crippen molar-refractivity contribution >= 4 is 40.2 Å². The third-order valence-corrected chi connectivity index (χ3v) is 13.7. The molecule has 196 valence electrons. The Hall–Kier alpha value is -1.84. The van der Waals surface area contributed by atoms with Gasteiger partial charge in [-0.1, -0.05) is 45.0 Å². The molecule has 0 saturated carbocycles. The zero-order valence-electron chi connectivity index (χ0n) is 22.4. The van der Waals surface area contributed by atoms with Crippen LogP contribution in [0, 0.1) is 0 Å². The molecule has 1 amide bonds. The van der Waals surface area contributed by atoms with Gasteiger partial charge in [-0.2, -0.15) is 0 Å². The molecule has 7 nitrogen and oxygen atoms in total. The second-order valence-corrected chi connectivity index (χ2v) is 18.2. The standard InChI is InChI=1S/C26H42N2O5SSi/c1-8-35(9-2,10-3)24-22(21-15-19(18-34(7,30)31)11-12-23(21)27-24)16-20-17-32-14-13-28(20)25(29)33-26(4,5)6/h11-12,15,20,27H,8-10,13-14,16-18H2,1-7H3/t20-/m0/s1. The average molecular weight is 523 g/mol. The number of sulfone groups is 1. The van der Waals surface area contributed by atoms with Crippen molar-refractivity contribution in [2.75, 3.05) is 26.0 Å². The number of aromatic amines is 1. The topological polar surface area (TPSA) is 88.7 Å². The van der Waals surface area contributed by atoms with Crippen LogP contribution in [0.2, 0.25) is 18.1 Å². The fourth-order valence-electron chi connectivity index (χ4n) is 5.25. The lowest BCUT2D eigenvalue weighted by Gasteiger charge is -2.37. The molecule has 0 unspecified atom stereocenters. The van der Waals surface area contributed by atoms with E-state index in [1.807, 2.05) is 43.9 Å². The minimum atomic E-state index is -3.15. The number of benzene rings is 1. The quantitative estimate of drug-likeness (QED) is 0.512. The molecule has 1 saturated heterocycles. The Morgan fingerprint density at radius 2 is 1.86 bits per heavy atom. The number of carbonyl (C=O) groups excluding carboxylic acids is 1. The number of aromatic nitrogens is 1. The zero-order valence-corrected chi connectivity index (χ0v) is 24.2. The third-order valence-electron chi connectivity index (χ3n) is 7.26. The second-order valence-electron chi connectivity index (χ2n) is 10.9. The van der Waals surface area contributed by atoms with Crippen LogP contribution < -0.4 is 5.32 Å². The fourth-order valence-corrected chi connectivity index (χ4v) is 9.88. The van der Waals surface area contributed by atoms with E-state index in [2.05, 4.69) is 25.8 Å². The van der Waals surface area contributed by atoms with E-state index < -0.39 is 23.5 Å². The van der Waals surface area contributed by atoms with E-state index in [9.17, 15) is 13.2 Å². The van der Waals surface area contributed by atoms with Crippen molar-refractivity contribution in [2.24, 2.45) is 0 Å². The van der Waals surface area contributed by atoms with Crippen molar-refractivity contribution in [1.82, 2.24) is 9.88 Å². The fraction of sp³-hybridized carbons (Fsp3) is 0.654. The van der Waals surface area contributed by atoms with Crippen LogP contribution in [0.5, 0.6) is 0 Å². The monoisotopic (exact) mass is 522 g/mol. The average Bonchev–Trinajstić information content (AvgIpc) is 3.12. The normalized spacial score (nSPS) is 17.7. The Morgan fingerprint density at radius 1 is 1.20 bits per heavy atom. The Labute approximate surface area is 211 Å². The molecule has 0 radical (unpaired) electrons. The molecule has 1 N–H and O–H groups in total. The maximum Gasteiger partial charge on any atom is 0.410 e. The van der Waals surface area contributed by atoms with Gasteiger partial charge in [-0.15, -0.1) is 0 Å². The van der Waals surface area contributed by atoms with Crippen LogP contribution in [0.3, 0.4) is 0 Å². The lowest BCUT2D eigenvalue weighted by molar-refractivity contribution is -0.0318. The summed E-state index contributed by atoms with van der Waals surface area (Å²) in [5, 5.41) is 2.38. The molecule has 0 spiro atoms. The number of nitrogens with zero attached hydrogens (tertiary/aromatic N) is 1. The number of hydrogen-bond donors (Lipinski definition) is 1. The molecule has 1 aliphatic heterocycles. The molecule has 1 aliphatic rings. The van der Waals surface area contributed by atoms with Crippen LogP contribution in [0.4, 0.5) is 4.79 Å². The van der Waals surface area contributed by atoms with E-state index in [4.69, 9.17) is 9.47 Å². The number of nitrogens with one attached hydrogen (secondary N) is 1. The number of amides is 1. The van der Waals surface area contributed by atoms with Crippen LogP contribution in [0.25, 0.3) is 10.9 Å². The van der Waals surface area contributed by atoms with Crippen LogP contribution in [-0.2, 0) is 31.5 Å². The van der Waals surface area contributed by atoms with Gasteiger partial charge in [0.2, 0.25) is 0 Å². The van der Waals surface area contributed by atoms with Gasteiger partial charge in [-0.25, -0.2) is 13.2 Å². The number of ether oxygens (including phenoxy) is 2. The van der Waals surface area contributed by atoms with Crippen molar-refractivity contribution in [3.8, 4) is 0 Å². The van der Waals surface area contributed by atoms with Gasteiger partial charge in [0.05, 0.1) is 25.0 Å². The Balaban J connectivity index is 2.11. The molecule has 2 aromatic rings. The molecule has 1 aromatic carbocycles. The number of fused-ring (bicyclic) bond motifs is 1. The number of H-pyrrole nitrogens is 1.